The standard InChI is InChI=1S/C27H30N4O6/c1-2-3-4-5-12-28-21-11-9-17(15-20(21)23(32)30-24(33)22-7-6-13-29-22)31-25(34)18-10-8-16(27(36)37)14-19(18)26(31)35/h8-11,14-15,22,28-29H,2-7,12-13H2,1H3,(H,36,37)(H,30,32,33)/t22-/m1/s1. The van der Waals surface area contributed by atoms with Crippen LogP contribution in [0.4, 0.5) is 11.4 Å². The van der Waals surface area contributed by atoms with Gasteiger partial charge in [-0.05, 0) is 62.2 Å². The van der Waals surface area contributed by atoms with Crippen LogP contribution in [0.5, 0.6) is 0 Å². The van der Waals surface area contributed by atoms with Gasteiger partial charge in [0.25, 0.3) is 17.7 Å². The van der Waals surface area contributed by atoms with Crippen molar-refractivity contribution in [3.63, 3.8) is 0 Å². The zero-order chi connectivity index (χ0) is 26.5. The predicted octanol–water partition coefficient (Wildman–Crippen LogP) is 3.19. The molecule has 1 fully saturated rings. The molecule has 2 aromatic carbocycles. The summed E-state index contributed by atoms with van der Waals surface area (Å²) in [5.41, 5.74) is 0.717. The molecule has 0 unspecified atom stereocenters. The smallest absolute Gasteiger partial charge is 0.335 e. The first-order chi connectivity index (χ1) is 17.8. The number of hydrogen-bond acceptors (Lipinski definition) is 7. The monoisotopic (exact) mass is 506 g/mol. The van der Waals surface area contributed by atoms with E-state index in [1.807, 2.05) is 0 Å². The van der Waals surface area contributed by atoms with Crippen molar-refractivity contribution >= 4 is 41.0 Å². The van der Waals surface area contributed by atoms with Crippen LogP contribution in [0.25, 0.3) is 0 Å². The Labute approximate surface area is 214 Å². The minimum atomic E-state index is -1.21. The summed E-state index contributed by atoms with van der Waals surface area (Å²) >= 11 is 0. The molecule has 10 heteroatoms. The van der Waals surface area contributed by atoms with Crippen LogP contribution in [-0.2, 0) is 4.79 Å². The second-order valence-corrected chi connectivity index (χ2v) is 9.20. The van der Waals surface area contributed by atoms with E-state index in [0.717, 1.165) is 37.0 Å². The molecule has 0 aromatic heterocycles. The number of carbonyl (C=O) groups excluding carboxylic acids is 4. The number of anilines is 2. The first-order valence-corrected chi connectivity index (χ1v) is 12.5. The van der Waals surface area contributed by atoms with Crippen LogP contribution in [0.2, 0.25) is 0 Å². The van der Waals surface area contributed by atoms with Crippen LogP contribution in [0.15, 0.2) is 36.4 Å². The van der Waals surface area contributed by atoms with Crippen molar-refractivity contribution in [3.8, 4) is 0 Å². The summed E-state index contributed by atoms with van der Waals surface area (Å²) in [5.74, 6) is -3.57. The lowest BCUT2D eigenvalue weighted by Gasteiger charge is -2.18. The van der Waals surface area contributed by atoms with Crippen LogP contribution in [0.3, 0.4) is 0 Å². The van der Waals surface area contributed by atoms with Crippen LogP contribution in [0, 0.1) is 0 Å². The van der Waals surface area contributed by atoms with Gasteiger partial charge < -0.3 is 15.7 Å². The molecule has 4 rings (SSSR count). The van der Waals surface area contributed by atoms with Crippen molar-refractivity contribution in [2.24, 2.45) is 0 Å². The van der Waals surface area contributed by atoms with Gasteiger partial charge in [-0.3, -0.25) is 24.5 Å². The fourth-order valence-corrected chi connectivity index (χ4v) is 4.57. The molecule has 10 nitrogen and oxygen atoms in total. The van der Waals surface area contributed by atoms with Crippen molar-refractivity contribution in [3.05, 3.63) is 58.7 Å². The van der Waals surface area contributed by atoms with E-state index in [9.17, 15) is 29.1 Å². The fourth-order valence-electron chi connectivity index (χ4n) is 4.57. The Kier molecular flexibility index (Phi) is 7.98. The molecule has 4 N–H and O–H groups in total. The number of nitrogens with one attached hydrogen (secondary N) is 3. The van der Waals surface area contributed by atoms with Crippen molar-refractivity contribution < 1.29 is 29.1 Å². The van der Waals surface area contributed by atoms with Gasteiger partial charge in [0.1, 0.15) is 0 Å². The minimum absolute atomic E-state index is 0.0171. The Morgan fingerprint density at radius 3 is 2.51 bits per heavy atom. The minimum Gasteiger partial charge on any atom is -0.478 e. The number of carbonyl (C=O) groups is 5. The number of carboxylic acid groups (broad SMARTS) is 1. The van der Waals surface area contributed by atoms with E-state index in [2.05, 4.69) is 22.9 Å². The zero-order valence-electron chi connectivity index (χ0n) is 20.6. The number of hydrogen-bond donors (Lipinski definition) is 4. The molecule has 4 amide bonds. The number of imide groups is 2. The third kappa shape index (κ3) is 5.54. The maximum atomic E-state index is 13.2. The number of unbranched alkanes of at least 4 members (excludes halogenated alkanes) is 3. The van der Waals surface area contributed by atoms with Crippen LogP contribution < -0.4 is 20.9 Å². The zero-order valence-corrected chi connectivity index (χ0v) is 20.6. The quantitative estimate of drug-likeness (QED) is 0.284. The fraction of sp³-hybridized carbons (Fsp3) is 0.370. The Morgan fingerprint density at radius 1 is 1.03 bits per heavy atom. The number of fused-ring (bicyclic) bond motifs is 1. The van der Waals surface area contributed by atoms with Gasteiger partial charge in [0.15, 0.2) is 0 Å². The molecule has 37 heavy (non-hydrogen) atoms. The highest BCUT2D eigenvalue weighted by Crippen LogP contribution is 2.32. The normalized spacial score (nSPS) is 16.6. The molecule has 2 aromatic rings. The third-order valence-corrected chi connectivity index (χ3v) is 6.60. The van der Waals surface area contributed by atoms with Gasteiger partial charge >= 0.3 is 5.97 Å². The Morgan fingerprint density at radius 2 is 1.81 bits per heavy atom. The van der Waals surface area contributed by atoms with Gasteiger partial charge in [0.2, 0.25) is 5.91 Å². The molecular formula is C27H30N4O6. The van der Waals surface area contributed by atoms with E-state index in [1.165, 1.54) is 24.3 Å². The van der Waals surface area contributed by atoms with E-state index in [4.69, 9.17) is 0 Å². The van der Waals surface area contributed by atoms with E-state index in [-0.39, 0.29) is 27.9 Å². The number of rotatable bonds is 10. The molecule has 2 heterocycles. The van der Waals surface area contributed by atoms with Crippen LogP contribution in [-0.4, -0.2) is 53.8 Å². The molecule has 0 radical (unpaired) electrons. The summed E-state index contributed by atoms with van der Waals surface area (Å²) in [5, 5.41) is 18.0. The van der Waals surface area contributed by atoms with Gasteiger partial charge in [-0.25, -0.2) is 9.69 Å². The first kappa shape index (κ1) is 26.0. The Balaban J connectivity index is 1.62. The van der Waals surface area contributed by atoms with Gasteiger partial charge in [0.05, 0.1) is 34.0 Å². The lowest BCUT2D eigenvalue weighted by molar-refractivity contribution is -0.121. The number of benzene rings is 2. The summed E-state index contributed by atoms with van der Waals surface area (Å²) < 4.78 is 0. The summed E-state index contributed by atoms with van der Waals surface area (Å²) in [6.07, 6.45) is 5.59. The molecule has 0 bridgehead atoms. The van der Waals surface area contributed by atoms with Gasteiger partial charge in [-0.1, -0.05) is 26.2 Å². The number of carboxylic acids is 1. The lowest BCUT2D eigenvalue weighted by atomic mass is 10.1. The number of aromatic carboxylic acids is 1. The molecule has 2 aliphatic heterocycles. The highest BCUT2D eigenvalue weighted by Gasteiger charge is 2.38. The maximum absolute atomic E-state index is 13.2. The molecule has 1 saturated heterocycles. The summed E-state index contributed by atoms with van der Waals surface area (Å²) in [6, 6.07) is 7.86. The number of nitrogens with zero attached hydrogens (tertiary/aromatic N) is 1. The van der Waals surface area contributed by atoms with Crippen molar-refractivity contribution in [2.45, 2.75) is 51.5 Å². The predicted molar refractivity (Wildman–Crippen MR) is 137 cm³/mol. The lowest BCUT2D eigenvalue weighted by Crippen LogP contribution is -2.43. The number of amides is 4. The van der Waals surface area contributed by atoms with Crippen molar-refractivity contribution in [1.29, 1.82) is 0 Å². The van der Waals surface area contributed by atoms with E-state index in [0.29, 0.717) is 25.2 Å². The van der Waals surface area contributed by atoms with E-state index >= 15 is 0 Å². The molecule has 0 aliphatic carbocycles. The Bertz CT molecular complexity index is 1250. The highest BCUT2D eigenvalue weighted by molar-refractivity contribution is 6.35. The first-order valence-electron chi connectivity index (χ1n) is 12.5. The van der Waals surface area contributed by atoms with Crippen molar-refractivity contribution in [1.82, 2.24) is 10.6 Å². The average molecular weight is 507 g/mol. The van der Waals surface area contributed by atoms with Crippen molar-refractivity contribution in [2.75, 3.05) is 23.3 Å². The molecular weight excluding hydrogens is 476 g/mol. The van der Waals surface area contributed by atoms with Crippen LogP contribution in [0.1, 0.15) is 86.9 Å². The summed E-state index contributed by atoms with van der Waals surface area (Å²) in [7, 11) is 0. The van der Waals surface area contributed by atoms with E-state index in [1.54, 1.807) is 12.1 Å². The molecule has 0 saturated carbocycles. The topological polar surface area (TPSA) is 145 Å². The molecule has 2 aliphatic rings. The summed E-state index contributed by atoms with van der Waals surface area (Å²) in [6.45, 7) is 3.44. The van der Waals surface area contributed by atoms with Gasteiger partial charge in [-0.15, -0.1) is 0 Å². The molecule has 0 spiro atoms. The highest BCUT2D eigenvalue weighted by atomic mass is 16.4. The third-order valence-electron chi connectivity index (χ3n) is 6.60. The molecule has 194 valence electrons. The SMILES string of the molecule is CCCCCCNc1ccc(N2C(=O)c3ccc(C(=O)O)cc3C2=O)cc1C(=O)NC(=O)[C@H]1CCCN1. The summed E-state index contributed by atoms with van der Waals surface area (Å²) in [4.78, 5) is 64.2. The Hall–Kier alpha value is -4.05. The maximum Gasteiger partial charge on any atom is 0.335 e. The van der Waals surface area contributed by atoms with Gasteiger partial charge in [0, 0.05) is 12.2 Å². The molecule has 1 atom stereocenters. The van der Waals surface area contributed by atoms with Gasteiger partial charge in [-0.2, -0.15) is 0 Å². The second kappa shape index (κ2) is 11.3. The average Bonchev–Trinajstić information content (AvgIpc) is 3.51. The second-order valence-electron chi connectivity index (χ2n) is 9.20. The van der Waals surface area contributed by atoms with Crippen LogP contribution >= 0.6 is 0 Å². The largest absolute Gasteiger partial charge is 0.478 e. The van der Waals surface area contributed by atoms with E-state index < -0.39 is 35.6 Å².